The molecule has 14 nitrogen and oxygen atoms in total. The number of nitrogens with zero attached hydrogens (tertiary/aromatic N) is 12. The molecule has 9 aromatic rings. The van der Waals surface area contributed by atoms with Crippen molar-refractivity contribution in [2.24, 2.45) is 0 Å². The number of rotatable bonds is 0. The van der Waals surface area contributed by atoms with E-state index in [-0.39, 0.29) is 77.5 Å². The van der Waals surface area contributed by atoms with E-state index in [2.05, 4.69) is 383 Å². The molecule has 0 fully saturated rings. The van der Waals surface area contributed by atoms with Crippen molar-refractivity contribution in [3.8, 4) is 0 Å². The SMILES string of the molecule is CC(C)(C)c1cccc2c1CC(=O)N2C(C)(C)C.CC(C)(C)c1cccc2c1CC(=O)N2C(C)(C)C.CC(C)(C)c1cccc2c1CCN2C(C)(C)C.CC(C)(C)c1ccnc2c1ccn2C(C)(C)C.CC(C)(C)c1ncnc2c1ccn2C(C)(C)C.CC(C)(C)c1ncnc2c1ncn2C(C)(C)C. The number of imidazole rings is 1. The zero-order valence-electron chi connectivity index (χ0n) is 71.4. The number of pyridine rings is 1. The number of amides is 2. The average molecular weight is 1420 g/mol. The lowest BCUT2D eigenvalue weighted by atomic mass is 9.83. The number of hydrogen-bond acceptors (Lipinski definition) is 9. The molecule has 0 aliphatic carbocycles. The van der Waals surface area contributed by atoms with E-state index in [9.17, 15) is 9.59 Å². The lowest BCUT2D eigenvalue weighted by molar-refractivity contribution is -0.119. The van der Waals surface area contributed by atoms with Gasteiger partial charge in [-0.05, 0) is 228 Å². The van der Waals surface area contributed by atoms with Gasteiger partial charge in [-0.3, -0.25) is 9.59 Å². The summed E-state index contributed by atoms with van der Waals surface area (Å²) < 4.78 is 6.55. The van der Waals surface area contributed by atoms with Gasteiger partial charge in [0.15, 0.2) is 5.65 Å². The number of carbonyl (C=O) groups is 2. The van der Waals surface area contributed by atoms with Gasteiger partial charge >= 0.3 is 0 Å². The van der Waals surface area contributed by atoms with Crippen LogP contribution in [0, 0.1) is 0 Å². The lowest BCUT2D eigenvalue weighted by Gasteiger charge is -2.35. The molecule has 0 bridgehead atoms. The van der Waals surface area contributed by atoms with Gasteiger partial charge in [0.25, 0.3) is 0 Å². The summed E-state index contributed by atoms with van der Waals surface area (Å²) in [5.74, 6) is 0.434. The predicted octanol–water partition coefficient (Wildman–Crippen LogP) is 21.9. The van der Waals surface area contributed by atoms with Crippen LogP contribution in [0.3, 0.4) is 0 Å². The van der Waals surface area contributed by atoms with Crippen LogP contribution in [0.15, 0.2) is 110 Å². The maximum absolute atomic E-state index is 12.3. The standard InChI is InChI=1S/2C16H23NO.C16H25N.C15H22N2.C14H21N3.C13H20N4/c2*1-15(2,3)12-8-7-9-13-11(12)10-14(18)17(13)16(4,5)6;1-15(2,3)13-8-7-9-14-12(13)10-11-17(14)16(4,5)6;1-14(2,3)12-7-9-16-13-11(12)8-10-17(13)15(4,5)6;1-13(2,3)11-10-7-8-17(14(4,5)6)12(10)16-9-15-11;1-12(2,3)10-9-11(15-7-14-10)17(8-16-9)13(4,5)6/h2*7-9H,10H2,1-6H3;7-9H,10-11H2,1-6H3;7-10H,1-6H3;7-9H,1-6H3;7-8H,1-6H3. The molecule has 0 saturated carbocycles. The number of benzene rings is 3. The van der Waals surface area contributed by atoms with Crippen LogP contribution < -0.4 is 14.7 Å². The van der Waals surface area contributed by atoms with Crippen LogP contribution in [-0.4, -0.2) is 78.6 Å². The first-order chi connectivity index (χ1) is 47.1. The summed E-state index contributed by atoms with van der Waals surface area (Å²) in [4.78, 5) is 57.7. The maximum Gasteiger partial charge on any atom is 0.231 e. The van der Waals surface area contributed by atoms with Gasteiger partial charge in [-0.2, -0.15) is 0 Å². The highest BCUT2D eigenvalue weighted by molar-refractivity contribution is 6.04. The second-order valence-corrected chi connectivity index (χ2v) is 41.1. The summed E-state index contributed by atoms with van der Waals surface area (Å²) in [5.41, 5.74) is 19.8. The Morgan fingerprint density at radius 2 is 0.692 bits per heavy atom. The molecule has 3 aromatic carbocycles. The van der Waals surface area contributed by atoms with Gasteiger partial charge in [-0.15, -0.1) is 0 Å². The summed E-state index contributed by atoms with van der Waals surface area (Å²) in [6.45, 7) is 80.0. The zero-order valence-corrected chi connectivity index (χ0v) is 71.4. The van der Waals surface area contributed by atoms with E-state index in [0.717, 1.165) is 57.2 Å². The number of carbonyl (C=O) groups excluding carboxylic acids is 2. The Bertz CT molecular complexity index is 4170. The van der Waals surface area contributed by atoms with Gasteiger partial charge in [0.2, 0.25) is 11.8 Å². The molecule has 12 rings (SSSR count). The largest absolute Gasteiger partial charge is 0.366 e. The molecule has 0 N–H and O–H groups in total. The Morgan fingerprint density at radius 3 is 1.08 bits per heavy atom. The molecule has 3 aliphatic rings. The molecular weight excluding hydrogens is 1280 g/mol. The van der Waals surface area contributed by atoms with Crippen molar-refractivity contribution in [3.05, 3.63) is 161 Å². The van der Waals surface area contributed by atoms with E-state index in [1.807, 2.05) is 22.3 Å². The minimum atomic E-state index is -0.154. The highest BCUT2D eigenvalue weighted by atomic mass is 16.2. The molecule has 2 amide bonds. The third kappa shape index (κ3) is 18.9. The minimum absolute atomic E-state index is 0.0156. The van der Waals surface area contributed by atoms with Crippen LogP contribution in [-0.2, 0) is 78.0 Å². The van der Waals surface area contributed by atoms with Crippen LogP contribution in [0.1, 0.15) is 300 Å². The minimum Gasteiger partial charge on any atom is -0.366 e. The van der Waals surface area contributed by atoms with E-state index in [1.165, 1.54) is 50.9 Å². The third-order valence-electron chi connectivity index (χ3n) is 19.3. The van der Waals surface area contributed by atoms with Crippen molar-refractivity contribution in [1.82, 2.24) is 43.6 Å². The Hall–Kier alpha value is -7.74. The average Bonchev–Trinajstić information content (AvgIpc) is 1.74. The van der Waals surface area contributed by atoms with Crippen LogP contribution in [0.2, 0.25) is 0 Å². The molecule has 0 unspecified atom stereocenters. The zero-order chi connectivity index (χ0) is 78.8. The molecule has 0 saturated heterocycles. The number of aromatic nitrogens is 9. The first-order valence-electron chi connectivity index (χ1n) is 37.9. The van der Waals surface area contributed by atoms with E-state index >= 15 is 0 Å². The fourth-order valence-electron chi connectivity index (χ4n) is 14.6. The smallest absolute Gasteiger partial charge is 0.231 e. The molecule has 566 valence electrons. The van der Waals surface area contributed by atoms with E-state index in [4.69, 9.17) is 0 Å². The molecule has 0 spiro atoms. The number of hydrogen-bond donors (Lipinski definition) is 0. The maximum atomic E-state index is 12.3. The summed E-state index contributed by atoms with van der Waals surface area (Å²) in [7, 11) is 0. The monoisotopic (exact) mass is 1420 g/mol. The lowest BCUT2D eigenvalue weighted by Crippen LogP contribution is -2.43. The second kappa shape index (κ2) is 29.2. The fraction of sp³-hybridized carbons (Fsp3) is 0.578. The molecular formula is C90H134N12O2. The fourth-order valence-corrected chi connectivity index (χ4v) is 14.6. The summed E-state index contributed by atoms with van der Waals surface area (Å²) in [6.07, 6.45) is 13.6. The highest BCUT2D eigenvalue weighted by Gasteiger charge is 2.40. The number of fused-ring (bicyclic) bond motifs is 6. The van der Waals surface area contributed by atoms with Gasteiger partial charge in [-0.1, -0.05) is 161 Å². The molecule has 104 heavy (non-hydrogen) atoms. The van der Waals surface area contributed by atoms with Crippen LogP contribution >= 0.6 is 0 Å². The molecule has 3 aliphatic heterocycles. The second-order valence-electron chi connectivity index (χ2n) is 41.1. The summed E-state index contributed by atoms with van der Waals surface area (Å²) in [5, 5.41) is 2.44. The normalized spacial score (nSPS) is 14.8. The van der Waals surface area contributed by atoms with E-state index in [0.29, 0.717) is 12.8 Å². The molecule has 14 heteroatoms. The van der Waals surface area contributed by atoms with Crippen molar-refractivity contribution in [3.63, 3.8) is 0 Å². The highest BCUT2D eigenvalue weighted by Crippen LogP contribution is 2.44. The molecule has 6 aromatic heterocycles. The summed E-state index contributed by atoms with van der Waals surface area (Å²) in [6, 6.07) is 25.8. The molecule has 9 heterocycles. The van der Waals surface area contributed by atoms with Gasteiger partial charge in [0.1, 0.15) is 29.5 Å². The Morgan fingerprint density at radius 1 is 0.317 bits per heavy atom. The first kappa shape index (κ1) is 83.5. The molecule has 0 atom stereocenters. The van der Waals surface area contributed by atoms with Gasteiger partial charge in [0, 0.05) is 97.0 Å². The van der Waals surface area contributed by atoms with E-state index < -0.39 is 0 Å². The Kier molecular flexibility index (Phi) is 23.5. The van der Waals surface area contributed by atoms with Crippen LogP contribution in [0.5, 0.6) is 0 Å². The van der Waals surface area contributed by atoms with Gasteiger partial charge in [0.05, 0.1) is 30.6 Å². The van der Waals surface area contributed by atoms with Crippen molar-refractivity contribution >= 4 is 62.1 Å². The van der Waals surface area contributed by atoms with Crippen molar-refractivity contribution < 1.29 is 9.59 Å². The Labute approximate surface area is 628 Å². The topological polar surface area (TPSA) is 136 Å². The van der Waals surface area contributed by atoms with E-state index in [1.54, 1.807) is 18.2 Å². The number of anilines is 3. The Balaban J connectivity index is 0.000000175. The van der Waals surface area contributed by atoms with Crippen LogP contribution in [0.4, 0.5) is 17.1 Å². The van der Waals surface area contributed by atoms with Gasteiger partial charge < -0.3 is 28.4 Å². The van der Waals surface area contributed by atoms with Crippen molar-refractivity contribution in [1.29, 1.82) is 0 Å². The molecule has 0 radical (unpaired) electrons. The van der Waals surface area contributed by atoms with Crippen molar-refractivity contribution in [2.45, 2.75) is 334 Å². The van der Waals surface area contributed by atoms with Crippen molar-refractivity contribution in [2.75, 3.05) is 21.2 Å². The first-order valence-corrected chi connectivity index (χ1v) is 37.9. The predicted molar refractivity (Wildman–Crippen MR) is 442 cm³/mol. The summed E-state index contributed by atoms with van der Waals surface area (Å²) >= 11 is 0. The quantitative estimate of drug-likeness (QED) is 0.145. The van der Waals surface area contributed by atoms with Gasteiger partial charge in [-0.25, -0.2) is 29.9 Å². The third-order valence-corrected chi connectivity index (χ3v) is 19.3. The van der Waals surface area contributed by atoms with Crippen LogP contribution in [0.25, 0.3) is 33.2 Å².